The third-order valence-electron chi connectivity index (χ3n) is 4.66. The number of benzene rings is 3. The molecule has 0 bridgehead atoms. The lowest BCUT2D eigenvalue weighted by Crippen LogP contribution is -2.26. The van der Waals surface area contributed by atoms with Crippen LogP contribution in [0.4, 0.5) is 5.69 Å². The highest BCUT2D eigenvalue weighted by Gasteiger charge is 2.23. The summed E-state index contributed by atoms with van der Waals surface area (Å²) in [4.78, 5) is 14.3. The molecule has 0 aromatic heterocycles. The van der Waals surface area contributed by atoms with E-state index in [1.54, 1.807) is 49.5 Å². The number of methoxy groups -OCH3 is 1. The molecule has 3 rings (SSSR count). The van der Waals surface area contributed by atoms with E-state index in [9.17, 15) is 13.2 Å². The number of rotatable bonds is 7. The van der Waals surface area contributed by atoms with Gasteiger partial charge in [0.15, 0.2) is 0 Å². The number of sulfonamides is 1. The van der Waals surface area contributed by atoms with Gasteiger partial charge >= 0.3 is 0 Å². The number of halogens is 1. The first-order valence-electron chi connectivity index (χ1n) is 9.47. The van der Waals surface area contributed by atoms with Crippen LogP contribution in [0.1, 0.15) is 21.5 Å². The molecule has 0 radical (unpaired) electrons. The lowest BCUT2D eigenvalue weighted by atomic mass is 10.1. The first kappa shape index (κ1) is 22.7. The maximum atomic E-state index is 13.0. The van der Waals surface area contributed by atoms with Crippen molar-refractivity contribution in [3.05, 3.63) is 88.4 Å². The Hall–Kier alpha value is -3.03. The maximum absolute atomic E-state index is 13.0. The van der Waals surface area contributed by atoms with Crippen molar-refractivity contribution in [2.75, 3.05) is 18.9 Å². The molecule has 1 amide bonds. The van der Waals surface area contributed by atoms with Gasteiger partial charge < -0.3 is 9.64 Å². The van der Waals surface area contributed by atoms with Crippen LogP contribution in [0, 0.1) is 6.92 Å². The fourth-order valence-electron chi connectivity index (χ4n) is 3.05. The Kier molecular flexibility index (Phi) is 6.87. The molecule has 0 aliphatic rings. The summed E-state index contributed by atoms with van der Waals surface area (Å²) in [6.07, 6.45) is 0. The van der Waals surface area contributed by atoms with E-state index in [0.717, 1.165) is 11.1 Å². The number of anilines is 1. The molecule has 8 heteroatoms. The lowest BCUT2D eigenvalue weighted by Gasteiger charge is -2.19. The second-order valence-corrected chi connectivity index (χ2v) is 9.22. The average molecular weight is 459 g/mol. The van der Waals surface area contributed by atoms with Gasteiger partial charge in [-0.25, -0.2) is 8.42 Å². The second kappa shape index (κ2) is 9.41. The van der Waals surface area contributed by atoms with Gasteiger partial charge in [-0.3, -0.25) is 9.52 Å². The quantitative estimate of drug-likeness (QED) is 0.555. The molecule has 1 N–H and O–H groups in total. The molecule has 6 nitrogen and oxygen atoms in total. The van der Waals surface area contributed by atoms with E-state index in [1.165, 1.54) is 24.1 Å². The average Bonchev–Trinajstić information content (AvgIpc) is 2.74. The predicted octanol–water partition coefficient (Wildman–Crippen LogP) is 4.73. The van der Waals surface area contributed by atoms with Gasteiger partial charge in [-0.2, -0.15) is 0 Å². The van der Waals surface area contributed by atoms with Gasteiger partial charge in [0.2, 0.25) is 0 Å². The zero-order valence-electron chi connectivity index (χ0n) is 17.4. The van der Waals surface area contributed by atoms with Crippen molar-refractivity contribution in [3.8, 4) is 5.75 Å². The van der Waals surface area contributed by atoms with E-state index in [-0.39, 0.29) is 22.1 Å². The number of hydrogen-bond acceptors (Lipinski definition) is 4. The van der Waals surface area contributed by atoms with Crippen LogP contribution in [0.3, 0.4) is 0 Å². The van der Waals surface area contributed by atoms with E-state index in [2.05, 4.69) is 4.72 Å². The topological polar surface area (TPSA) is 75.7 Å². The van der Waals surface area contributed by atoms with Gasteiger partial charge in [0.25, 0.3) is 15.9 Å². The molecule has 162 valence electrons. The summed E-state index contributed by atoms with van der Waals surface area (Å²) in [6.45, 7) is 2.24. The maximum Gasteiger partial charge on any atom is 0.265 e. The summed E-state index contributed by atoms with van der Waals surface area (Å²) in [6, 6.07) is 18.5. The van der Waals surface area contributed by atoms with Crippen molar-refractivity contribution in [1.29, 1.82) is 0 Å². The molecule has 3 aromatic carbocycles. The number of carbonyl (C=O) groups is 1. The van der Waals surface area contributed by atoms with E-state index >= 15 is 0 Å². The Morgan fingerprint density at radius 1 is 1.06 bits per heavy atom. The molecule has 0 saturated heterocycles. The van der Waals surface area contributed by atoms with Crippen LogP contribution >= 0.6 is 11.6 Å². The van der Waals surface area contributed by atoms with Crippen LogP contribution < -0.4 is 9.46 Å². The predicted molar refractivity (Wildman–Crippen MR) is 122 cm³/mol. The molecule has 0 aliphatic heterocycles. The van der Waals surface area contributed by atoms with Crippen molar-refractivity contribution >= 4 is 33.2 Å². The highest BCUT2D eigenvalue weighted by Crippen LogP contribution is 2.28. The zero-order valence-corrected chi connectivity index (χ0v) is 19.0. The Bertz CT molecular complexity index is 1190. The fraction of sp³-hybridized carbons (Fsp3) is 0.174. The second-order valence-electron chi connectivity index (χ2n) is 7.13. The Balaban J connectivity index is 1.88. The third-order valence-corrected chi connectivity index (χ3v) is 6.30. The van der Waals surface area contributed by atoms with Crippen molar-refractivity contribution in [1.82, 2.24) is 4.90 Å². The van der Waals surface area contributed by atoms with Gasteiger partial charge in [0.1, 0.15) is 10.6 Å². The minimum atomic E-state index is -3.98. The largest absolute Gasteiger partial charge is 0.495 e. The number of carbonyl (C=O) groups excluding carboxylic acids is 1. The van der Waals surface area contributed by atoms with Crippen LogP contribution in [0.25, 0.3) is 0 Å². The van der Waals surface area contributed by atoms with Crippen molar-refractivity contribution < 1.29 is 17.9 Å². The number of ether oxygens (including phenoxy) is 1. The van der Waals surface area contributed by atoms with E-state index < -0.39 is 10.0 Å². The molecule has 3 aromatic rings. The van der Waals surface area contributed by atoms with Gasteiger partial charge in [-0.05, 0) is 55.0 Å². The van der Waals surface area contributed by atoms with Gasteiger partial charge in [-0.1, -0.05) is 41.4 Å². The monoisotopic (exact) mass is 458 g/mol. The summed E-state index contributed by atoms with van der Waals surface area (Å²) < 4.78 is 33.8. The SMILES string of the molecule is COc1ccc(C(=O)N(C)Cc2cccc(Cl)c2)cc1S(=O)(=O)Nc1ccc(C)cc1. The van der Waals surface area contributed by atoms with Crippen LogP contribution in [-0.4, -0.2) is 33.4 Å². The summed E-state index contributed by atoms with van der Waals surface area (Å²) >= 11 is 6.01. The molecule has 0 fully saturated rings. The van der Waals surface area contributed by atoms with Gasteiger partial charge in [0.05, 0.1) is 7.11 Å². The van der Waals surface area contributed by atoms with Crippen molar-refractivity contribution in [2.45, 2.75) is 18.4 Å². The highest BCUT2D eigenvalue weighted by atomic mass is 35.5. The Labute approximate surface area is 187 Å². The highest BCUT2D eigenvalue weighted by molar-refractivity contribution is 7.92. The van der Waals surface area contributed by atoms with E-state index in [4.69, 9.17) is 16.3 Å². The van der Waals surface area contributed by atoms with Crippen LogP contribution in [0.15, 0.2) is 71.6 Å². The summed E-state index contributed by atoms with van der Waals surface area (Å²) in [5, 5.41) is 0.582. The standard InChI is InChI=1S/C23H23ClN2O4S/c1-16-7-10-20(11-8-16)25-31(28,29)22-14-18(9-12-21(22)30-3)23(27)26(2)15-17-5-4-6-19(24)13-17/h4-14,25H,15H2,1-3H3. The molecule has 31 heavy (non-hydrogen) atoms. The summed E-state index contributed by atoms with van der Waals surface area (Å²) in [5.74, 6) is -0.178. The minimum absolute atomic E-state index is 0.113. The smallest absolute Gasteiger partial charge is 0.265 e. The van der Waals surface area contributed by atoms with Crippen LogP contribution in [0.5, 0.6) is 5.75 Å². The minimum Gasteiger partial charge on any atom is -0.495 e. The van der Waals surface area contributed by atoms with Crippen LogP contribution in [-0.2, 0) is 16.6 Å². The normalized spacial score (nSPS) is 11.1. The number of aryl methyl sites for hydroxylation is 1. The molecule has 0 saturated carbocycles. The fourth-order valence-corrected chi connectivity index (χ4v) is 4.52. The first-order valence-corrected chi connectivity index (χ1v) is 11.3. The van der Waals surface area contributed by atoms with Crippen LogP contribution in [0.2, 0.25) is 5.02 Å². The molecule has 0 unspecified atom stereocenters. The molecule has 0 heterocycles. The van der Waals surface area contributed by atoms with Gasteiger partial charge in [-0.15, -0.1) is 0 Å². The molecular weight excluding hydrogens is 436 g/mol. The van der Waals surface area contributed by atoms with Crippen molar-refractivity contribution in [3.63, 3.8) is 0 Å². The molecule has 0 spiro atoms. The Morgan fingerprint density at radius 2 is 1.77 bits per heavy atom. The zero-order chi connectivity index (χ0) is 22.6. The molecule has 0 aliphatic carbocycles. The third kappa shape index (κ3) is 5.57. The van der Waals surface area contributed by atoms with E-state index in [0.29, 0.717) is 17.3 Å². The van der Waals surface area contributed by atoms with Gasteiger partial charge in [0, 0.05) is 29.9 Å². The lowest BCUT2D eigenvalue weighted by molar-refractivity contribution is 0.0785. The molecular formula is C23H23ClN2O4S. The Morgan fingerprint density at radius 3 is 2.42 bits per heavy atom. The summed E-state index contributed by atoms with van der Waals surface area (Å²) in [7, 11) is -0.951. The number of amides is 1. The first-order chi connectivity index (χ1) is 14.7. The summed E-state index contributed by atoms with van der Waals surface area (Å²) in [5.41, 5.74) is 2.53. The number of hydrogen-bond donors (Lipinski definition) is 1. The number of nitrogens with one attached hydrogen (secondary N) is 1. The molecule has 0 atom stereocenters. The van der Waals surface area contributed by atoms with E-state index in [1.807, 2.05) is 19.1 Å². The number of nitrogens with zero attached hydrogens (tertiary/aromatic N) is 1. The van der Waals surface area contributed by atoms with Crippen molar-refractivity contribution in [2.24, 2.45) is 0 Å².